The van der Waals surface area contributed by atoms with Crippen molar-refractivity contribution in [3.05, 3.63) is 0 Å². The maximum absolute atomic E-state index is 3.46. The lowest BCUT2D eigenvalue weighted by molar-refractivity contribution is 0.294. The minimum absolute atomic E-state index is 0.628. The third-order valence-corrected chi connectivity index (χ3v) is 2.91. The van der Waals surface area contributed by atoms with Gasteiger partial charge in [0.1, 0.15) is 0 Å². The quantitative estimate of drug-likeness (QED) is 0.560. The van der Waals surface area contributed by atoms with Crippen molar-refractivity contribution in [3.8, 4) is 0 Å². The summed E-state index contributed by atoms with van der Waals surface area (Å²) in [5, 5.41) is 3.46. The molecule has 0 aromatic rings. The van der Waals surface area contributed by atoms with Crippen LogP contribution >= 0.6 is 0 Å². The van der Waals surface area contributed by atoms with Crippen LogP contribution in [-0.2, 0) is 0 Å². The molecule has 0 aliphatic heterocycles. The Kier molecular flexibility index (Phi) is 10.9. The van der Waals surface area contributed by atoms with Crippen molar-refractivity contribution in [2.24, 2.45) is 0 Å². The molecule has 3 nitrogen and oxygen atoms in total. The summed E-state index contributed by atoms with van der Waals surface area (Å²) in [6.45, 7) is 9.25. The average molecular weight is 243 g/mol. The SMILES string of the molecule is CC(C)NCCCCCN(C)CCCN(C)C. The molecule has 17 heavy (non-hydrogen) atoms. The standard InChI is InChI=1S/C14H33N3/c1-14(2)15-10-7-6-8-12-17(5)13-9-11-16(3)4/h14-15H,6-13H2,1-5H3. The molecule has 0 atom stereocenters. The predicted molar refractivity (Wildman–Crippen MR) is 77.7 cm³/mol. The van der Waals surface area contributed by atoms with Gasteiger partial charge in [-0.15, -0.1) is 0 Å². The van der Waals surface area contributed by atoms with Gasteiger partial charge in [-0.3, -0.25) is 0 Å². The van der Waals surface area contributed by atoms with Crippen molar-refractivity contribution in [1.82, 2.24) is 15.1 Å². The van der Waals surface area contributed by atoms with Crippen LogP contribution in [0.2, 0.25) is 0 Å². The van der Waals surface area contributed by atoms with Crippen LogP contribution in [0.3, 0.4) is 0 Å². The van der Waals surface area contributed by atoms with Crippen molar-refractivity contribution < 1.29 is 0 Å². The first-order valence-corrected chi connectivity index (χ1v) is 7.09. The summed E-state index contributed by atoms with van der Waals surface area (Å²) in [5.74, 6) is 0. The fourth-order valence-electron chi connectivity index (χ4n) is 1.84. The Labute approximate surface area is 109 Å². The van der Waals surface area contributed by atoms with Crippen LogP contribution in [0, 0.1) is 0 Å². The van der Waals surface area contributed by atoms with Crippen LogP contribution in [-0.4, -0.2) is 63.2 Å². The van der Waals surface area contributed by atoms with Crippen LogP contribution in [0.25, 0.3) is 0 Å². The molecule has 0 aliphatic carbocycles. The zero-order chi connectivity index (χ0) is 13.1. The number of unbranched alkanes of at least 4 members (excludes halogenated alkanes) is 2. The summed E-state index contributed by atoms with van der Waals surface area (Å²) < 4.78 is 0. The third-order valence-electron chi connectivity index (χ3n) is 2.91. The first-order chi connectivity index (χ1) is 8.02. The lowest BCUT2D eigenvalue weighted by Crippen LogP contribution is -2.25. The van der Waals surface area contributed by atoms with Gasteiger partial charge in [-0.25, -0.2) is 0 Å². The highest BCUT2D eigenvalue weighted by Crippen LogP contribution is 1.98. The molecule has 104 valence electrons. The first kappa shape index (κ1) is 16.9. The van der Waals surface area contributed by atoms with Crippen molar-refractivity contribution >= 4 is 0 Å². The predicted octanol–water partition coefficient (Wildman–Crippen LogP) is 2.04. The van der Waals surface area contributed by atoms with Crippen LogP contribution in [0.15, 0.2) is 0 Å². The molecular weight excluding hydrogens is 210 g/mol. The van der Waals surface area contributed by atoms with Gasteiger partial charge in [-0.1, -0.05) is 20.3 Å². The van der Waals surface area contributed by atoms with Gasteiger partial charge < -0.3 is 15.1 Å². The van der Waals surface area contributed by atoms with E-state index in [4.69, 9.17) is 0 Å². The zero-order valence-electron chi connectivity index (χ0n) is 12.6. The maximum Gasteiger partial charge on any atom is 0.00103 e. The molecule has 0 aromatic carbocycles. The van der Waals surface area contributed by atoms with Crippen molar-refractivity contribution in [3.63, 3.8) is 0 Å². The smallest absolute Gasteiger partial charge is 0.00103 e. The van der Waals surface area contributed by atoms with E-state index in [1.807, 2.05) is 0 Å². The molecule has 0 saturated carbocycles. The second-order valence-electron chi connectivity index (χ2n) is 5.63. The van der Waals surface area contributed by atoms with Gasteiger partial charge in [0.15, 0.2) is 0 Å². The third kappa shape index (κ3) is 13.8. The normalized spacial score (nSPS) is 12.0. The second-order valence-corrected chi connectivity index (χ2v) is 5.63. The number of nitrogens with zero attached hydrogens (tertiary/aromatic N) is 2. The second kappa shape index (κ2) is 11.0. The topological polar surface area (TPSA) is 18.5 Å². The molecule has 0 heterocycles. The van der Waals surface area contributed by atoms with E-state index in [9.17, 15) is 0 Å². The highest BCUT2D eigenvalue weighted by molar-refractivity contribution is 4.56. The summed E-state index contributed by atoms with van der Waals surface area (Å²) in [6.07, 6.45) is 5.26. The van der Waals surface area contributed by atoms with E-state index in [0.29, 0.717) is 6.04 Å². The van der Waals surface area contributed by atoms with E-state index in [1.165, 1.54) is 51.9 Å². The molecule has 0 rings (SSSR count). The average Bonchev–Trinajstić information content (AvgIpc) is 2.22. The Morgan fingerprint density at radius 1 is 0.824 bits per heavy atom. The summed E-state index contributed by atoms with van der Waals surface area (Å²) in [4.78, 5) is 4.71. The summed E-state index contributed by atoms with van der Waals surface area (Å²) in [5.41, 5.74) is 0. The molecule has 0 unspecified atom stereocenters. The molecule has 0 amide bonds. The van der Waals surface area contributed by atoms with E-state index < -0.39 is 0 Å². The zero-order valence-corrected chi connectivity index (χ0v) is 12.6. The number of hydrogen-bond donors (Lipinski definition) is 1. The molecule has 0 saturated heterocycles. The van der Waals surface area contributed by atoms with Gasteiger partial charge in [0.05, 0.1) is 0 Å². The van der Waals surface area contributed by atoms with Gasteiger partial charge in [0.2, 0.25) is 0 Å². The molecule has 0 fully saturated rings. The Hall–Kier alpha value is -0.120. The highest BCUT2D eigenvalue weighted by atomic mass is 15.1. The molecule has 3 heteroatoms. The van der Waals surface area contributed by atoms with Crippen molar-refractivity contribution in [2.75, 3.05) is 47.3 Å². The Morgan fingerprint density at radius 3 is 2.06 bits per heavy atom. The highest BCUT2D eigenvalue weighted by Gasteiger charge is 1.99. The monoisotopic (exact) mass is 243 g/mol. The lowest BCUT2D eigenvalue weighted by atomic mass is 10.2. The Morgan fingerprint density at radius 2 is 1.47 bits per heavy atom. The minimum atomic E-state index is 0.628. The van der Waals surface area contributed by atoms with Gasteiger partial charge in [-0.05, 0) is 66.6 Å². The Bertz CT molecular complexity index is 158. The van der Waals surface area contributed by atoms with E-state index in [1.54, 1.807) is 0 Å². The molecule has 0 radical (unpaired) electrons. The summed E-state index contributed by atoms with van der Waals surface area (Å²) >= 11 is 0. The van der Waals surface area contributed by atoms with Crippen molar-refractivity contribution in [1.29, 1.82) is 0 Å². The van der Waals surface area contributed by atoms with Gasteiger partial charge in [-0.2, -0.15) is 0 Å². The van der Waals surface area contributed by atoms with Gasteiger partial charge >= 0.3 is 0 Å². The largest absolute Gasteiger partial charge is 0.315 e. The molecule has 0 bridgehead atoms. The summed E-state index contributed by atoms with van der Waals surface area (Å²) in [7, 11) is 6.52. The summed E-state index contributed by atoms with van der Waals surface area (Å²) in [6, 6.07) is 0.628. The van der Waals surface area contributed by atoms with Gasteiger partial charge in [0.25, 0.3) is 0 Å². The van der Waals surface area contributed by atoms with Crippen LogP contribution in [0.1, 0.15) is 39.5 Å². The minimum Gasteiger partial charge on any atom is -0.315 e. The van der Waals surface area contributed by atoms with Gasteiger partial charge in [0, 0.05) is 6.04 Å². The van der Waals surface area contributed by atoms with Crippen LogP contribution in [0.5, 0.6) is 0 Å². The maximum atomic E-state index is 3.46. The molecule has 0 spiro atoms. The number of rotatable bonds is 11. The van der Waals surface area contributed by atoms with E-state index in [-0.39, 0.29) is 0 Å². The number of nitrogens with one attached hydrogen (secondary N) is 1. The Balaban J connectivity index is 3.19. The fraction of sp³-hybridized carbons (Fsp3) is 1.00. The van der Waals surface area contributed by atoms with Crippen molar-refractivity contribution in [2.45, 2.75) is 45.6 Å². The van der Waals surface area contributed by atoms with Crippen LogP contribution < -0.4 is 5.32 Å². The van der Waals surface area contributed by atoms with Crippen LogP contribution in [0.4, 0.5) is 0 Å². The fourth-order valence-corrected chi connectivity index (χ4v) is 1.84. The number of hydrogen-bond acceptors (Lipinski definition) is 3. The molecule has 0 aliphatic rings. The molecular formula is C14H33N3. The van der Waals surface area contributed by atoms with E-state index in [2.05, 4.69) is 50.1 Å². The lowest BCUT2D eigenvalue weighted by Gasteiger charge is -2.18. The first-order valence-electron chi connectivity index (χ1n) is 7.09. The van der Waals surface area contributed by atoms with E-state index >= 15 is 0 Å². The molecule has 1 N–H and O–H groups in total. The van der Waals surface area contributed by atoms with E-state index in [0.717, 1.165) is 0 Å². The molecule has 0 aromatic heterocycles.